The Morgan fingerprint density at radius 1 is 1.21 bits per heavy atom. The first-order valence-electron chi connectivity index (χ1n) is 7.36. The van der Waals surface area contributed by atoms with E-state index in [4.69, 9.17) is 19.3 Å². The van der Waals surface area contributed by atoms with Crippen molar-refractivity contribution < 1.29 is 44.5 Å². The van der Waals surface area contributed by atoms with E-state index in [-0.39, 0.29) is 17.9 Å². The van der Waals surface area contributed by atoms with Gasteiger partial charge in [-0.1, -0.05) is 0 Å². The number of benzene rings is 1. The molecule has 1 aromatic carbocycles. The highest BCUT2D eigenvalue weighted by atomic mass is 16.7. The Hall–Kier alpha value is -1.91. The van der Waals surface area contributed by atoms with Gasteiger partial charge in [-0.25, -0.2) is 4.79 Å². The number of carbonyl (C=O) groups is 1. The molecular weight excluding hydrogens is 324 g/mol. The zero-order valence-electron chi connectivity index (χ0n) is 12.9. The molecule has 134 valence electrons. The number of rotatable bonds is 5. The summed E-state index contributed by atoms with van der Waals surface area (Å²) in [6.45, 7) is 1.20. The van der Waals surface area contributed by atoms with E-state index in [0.717, 1.165) is 6.07 Å². The van der Waals surface area contributed by atoms with Gasteiger partial charge in [0.05, 0.1) is 13.2 Å². The average molecular weight is 344 g/mol. The standard InChI is InChI=1S/C15H20O9/c1-2-22-14(21)8-4-3-7(5-9(8)17)23-15-13(20)12(19)11(18)10(6-16)24-15/h3-5,10-13,15-20H,2,6H2,1H3/t10-,11-,12+,13-,15-/m1/s1. The zero-order valence-corrected chi connectivity index (χ0v) is 12.9. The summed E-state index contributed by atoms with van der Waals surface area (Å²) in [5.74, 6) is -1.05. The minimum Gasteiger partial charge on any atom is -0.507 e. The molecule has 5 N–H and O–H groups in total. The van der Waals surface area contributed by atoms with E-state index in [1.807, 2.05) is 0 Å². The first kappa shape index (κ1) is 18.4. The third-order valence-corrected chi connectivity index (χ3v) is 3.57. The molecule has 9 heteroatoms. The van der Waals surface area contributed by atoms with E-state index in [2.05, 4.69) is 0 Å². The maximum atomic E-state index is 11.6. The van der Waals surface area contributed by atoms with Crippen LogP contribution >= 0.6 is 0 Å². The minimum absolute atomic E-state index is 0.0462. The summed E-state index contributed by atoms with van der Waals surface area (Å²) in [4.78, 5) is 11.6. The van der Waals surface area contributed by atoms with Crippen molar-refractivity contribution in [2.24, 2.45) is 0 Å². The molecular formula is C15H20O9. The topological polar surface area (TPSA) is 146 Å². The van der Waals surface area contributed by atoms with E-state index in [0.29, 0.717) is 0 Å². The highest BCUT2D eigenvalue weighted by Gasteiger charge is 2.44. The molecule has 0 saturated carbocycles. The first-order chi connectivity index (χ1) is 11.4. The van der Waals surface area contributed by atoms with Gasteiger partial charge in [0, 0.05) is 6.07 Å². The lowest BCUT2D eigenvalue weighted by atomic mass is 9.99. The molecule has 5 atom stereocenters. The van der Waals surface area contributed by atoms with Crippen LogP contribution in [-0.4, -0.2) is 75.4 Å². The molecule has 2 rings (SSSR count). The Balaban J connectivity index is 2.13. The molecule has 24 heavy (non-hydrogen) atoms. The third-order valence-electron chi connectivity index (χ3n) is 3.57. The van der Waals surface area contributed by atoms with Crippen LogP contribution in [0, 0.1) is 0 Å². The first-order valence-corrected chi connectivity index (χ1v) is 7.36. The summed E-state index contributed by atoms with van der Waals surface area (Å²) in [6.07, 6.45) is -7.14. The summed E-state index contributed by atoms with van der Waals surface area (Å²) in [5.41, 5.74) is -0.0574. The minimum atomic E-state index is -1.58. The van der Waals surface area contributed by atoms with Gasteiger partial charge >= 0.3 is 5.97 Å². The Bertz CT molecular complexity index is 574. The van der Waals surface area contributed by atoms with Gasteiger partial charge < -0.3 is 39.7 Å². The highest BCUT2D eigenvalue weighted by Crippen LogP contribution is 2.28. The number of ether oxygens (including phenoxy) is 3. The summed E-state index contributed by atoms with van der Waals surface area (Å²) < 4.78 is 15.3. The van der Waals surface area contributed by atoms with E-state index in [9.17, 15) is 25.2 Å². The maximum Gasteiger partial charge on any atom is 0.341 e. The Morgan fingerprint density at radius 2 is 1.92 bits per heavy atom. The molecule has 0 bridgehead atoms. The van der Waals surface area contributed by atoms with Crippen molar-refractivity contribution in [1.29, 1.82) is 0 Å². The fourth-order valence-corrected chi connectivity index (χ4v) is 2.27. The van der Waals surface area contributed by atoms with Crippen LogP contribution in [0.5, 0.6) is 11.5 Å². The number of phenolic OH excluding ortho intramolecular Hbond substituents is 1. The van der Waals surface area contributed by atoms with Crippen LogP contribution in [0.15, 0.2) is 18.2 Å². The van der Waals surface area contributed by atoms with Gasteiger partial charge in [-0.3, -0.25) is 0 Å². The summed E-state index contributed by atoms with van der Waals surface area (Å²) in [6, 6.07) is 3.73. The van der Waals surface area contributed by atoms with Crippen molar-refractivity contribution in [1.82, 2.24) is 0 Å². The molecule has 0 amide bonds. The van der Waals surface area contributed by atoms with Gasteiger partial charge in [-0.15, -0.1) is 0 Å². The van der Waals surface area contributed by atoms with Crippen LogP contribution in [0.1, 0.15) is 17.3 Å². The van der Waals surface area contributed by atoms with Crippen molar-refractivity contribution in [3.05, 3.63) is 23.8 Å². The molecule has 1 saturated heterocycles. The summed E-state index contributed by atoms with van der Waals surface area (Å²) in [5, 5.41) is 48.3. The lowest BCUT2D eigenvalue weighted by Gasteiger charge is -2.39. The number of aliphatic hydroxyl groups is 4. The Kier molecular flexibility index (Phi) is 5.97. The van der Waals surface area contributed by atoms with E-state index in [1.165, 1.54) is 12.1 Å². The Labute approximate surface area is 137 Å². The molecule has 0 aliphatic carbocycles. The second-order valence-corrected chi connectivity index (χ2v) is 5.21. The molecule has 1 aromatic rings. The molecule has 9 nitrogen and oxygen atoms in total. The smallest absolute Gasteiger partial charge is 0.341 e. The average Bonchev–Trinajstić information content (AvgIpc) is 2.55. The normalized spacial score (nSPS) is 30.0. The van der Waals surface area contributed by atoms with Gasteiger partial charge in [0.25, 0.3) is 0 Å². The van der Waals surface area contributed by atoms with Crippen LogP contribution in [0.25, 0.3) is 0 Å². The van der Waals surface area contributed by atoms with Gasteiger partial charge in [-0.05, 0) is 19.1 Å². The molecule has 0 aromatic heterocycles. The number of hydrogen-bond acceptors (Lipinski definition) is 9. The summed E-state index contributed by atoms with van der Waals surface area (Å²) >= 11 is 0. The predicted octanol–water partition coefficient (Wildman–Crippen LogP) is -1.25. The molecule has 0 radical (unpaired) electrons. The lowest BCUT2D eigenvalue weighted by molar-refractivity contribution is -0.277. The van der Waals surface area contributed by atoms with Gasteiger partial charge in [-0.2, -0.15) is 0 Å². The van der Waals surface area contributed by atoms with Crippen molar-refractivity contribution in [2.45, 2.75) is 37.6 Å². The highest BCUT2D eigenvalue weighted by molar-refractivity contribution is 5.92. The van der Waals surface area contributed by atoms with E-state index < -0.39 is 49.0 Å². The van der Waals surface area contributed by atoms with Crippen LogP contribution in [0.3, 0.4) is 0 Å². The van der Waals surface area contributed by atoms with Gasteiger partial charge in [0.2, 0.25) is 6.29 Å². The lowest BCUT2D eigenvalue weighted by Crippen LogP contribution is -2.60. The third kappa shape index (κ3) is 3.77. The molecule has 1 fully saturated rings. The fourth-order valence-electron chi connectivity index (χ4n) is 2.27. The molecule has 1 aliphatic rings. The quantitative estimate of drug-likeness (QED) is 0.413. The number of carbonyl (C=O) groups excluding carboxylic acids is 1. The van der Waals surface area contributed by atoms with Crippen molar-refractivity contribution in [2.75, 3.05) is 13.2 Å². The summed E-state index contributed by atoms with van der Waals surface area (Å²) in [7, 11) is 0. The largest absolute Gasteiger partial charge is 0.507 e. The number of aromatic hydroxyl groups is 1. The maximum absolute atomic E-state index is 11.6. The molecule has 0 unspecified atom stereocenters. The molecule has 0 spiro atoms. The monoisotopic (exact) mass is 344 g/mol. The predicted molar refractivity (Wildman–Crippen MR) is 78.5 cm³/mol. The number of phenols is 1. The van der Waals surface area contributed by atoms with E-state index >= 15 is 0 Å². The zero-order chi connectivity index (χ0) is 17.9. The number of hydrogen-bond donors (Lipinski definition) is 5. The van der Waals surface area contributed by atoms with Gasteiger partial charge in [0.15, 0.2) is 0 Å². The van der Waals surface area contributed by atoms with Crippen LogP contribution in [0.4, 0.5) is 0 Å². The van der Waals surface area contributed by atoms with Crippen LogP contribution in [-0.2, 0) is 9.47 Å². The molecule has 1 aliphatic heterocycles. The second-order valence-electron chi connectivity index (χ2n) is 5.21. The fraction of sp³-hybridized carbons (Fsp3) is 0.533. The second kappa shape index (κ2) is 7.77. The number of aliphatic hydroxyl groups excluding tert-OH is 4. The molecule has 1 heterocycles. The van der Waals surface area contributed by atoms with Crippen molar-refractivity contribution in [3.63, 3.8) is 0 Å². The van der Waals surface area contributed by atoms with E-state index in [1.54, 1.807) is 6.92 Å². The van der Waals surface area contributed by atoms with Crippen LogP contribution in [0.2, 0.25) is 0 Å². The van der Waals surface area contributed by atoms with Gasteiger partial charge in [0.1, 0.15) is 41.5 Å². The van der Waals surface area contributed by atoms with Crippen molar-refractivity contribution in [3.8, 4) is 11.5 Å². The van der Waals surface area contributed by atoms with Crippen molar-refractivity contribution >= 4 is 5.97 Å². The Morgan fingerprint density at radius 3 is 2.50 bits per heavy atom. The SMILES string of the molecule is CCOC(=O)c1ccc(O[C@@H]2O[C@H](CO)[C@@H](O)[C@H](O)[C@H]2O)cc1O. The number of esters is 1. The van der Waals surface area contributed by atoms with Crippen LogP contribution < -0.4 is 4.74 Å².